The predicted molar refractivity (Wildman–Crippen MR) is 98.6 cm³/mol. The third kappa shape index (κ3) is 3.71. The van der Waals surface area contributed by atoms with Gasteiger partial charge in [0.1, 0.15) is 0 Å². The van der Waals surface area contributed by atoms with E-state index in [4.69, 9.17) is 11.6 Å². The van der Waals surface area contributed by atoms with Crippen LogP contribution in [0.1, 0.15) is 18.9 Å². The van der Waals surface area contributed by atoms with Gasteiger partial charge in [0, 0.05) is 16.9 Å². The second-order valence-corrected chi connectivity index (χ2v) is 6.98. The molecule has 1 amide bonds. The van der Waals surface area contributed by atoms with E-state index in [0.717, 1.165) is 11.1 Å². The van der Waals surface area contributed by atoms with Crippen molar-refractivity contribution in [3.8, 4) is 0 Å². The lowest BCUT2D eigenvalue weighted by atomic mass is 10.2. The van der Waals surface area contributed by atoms with E-state index in [1.54, 1.807) is 12.3 Å². The Labute approximate surface area is 149 Å². The maximum atomic E-state index is 12.5. The van der Waals surface area contributed by atoms with E-state index in [9.17, 15) is 4.79 Å². The largest absolute Gasteiger partial charge is 0.332 e. The highest BCUT2D eigenvalue weighted by molar-refractivity contribution is 8.00. The lowest BCUT2D eigenvalue weighted by Gasteiger charge is -2.13. The minimum absolute atomic E-state index is 0.0733. The highest BCUT2D eigenvalue weighted by Gasteiger charge is 2.20. The van der Waals surface area contributed by atoms with Gasteiger partial charge < -0.3 is 10.3 Å². The summed E-state index contributed by atoms with van der Waals surface area (Å²) in [6.07, 6.45) is 2.38. The molecule has 0 bridgehead atoms. The van der Waals surface area contributed by atoms with Crippen molar-refractivity contribution in [2.75, 3.05) is 5.32 Å². The molecule has 0 spiro atoms. The van der Waals surface area contributed by atoms with Crippen LogP contribution < -0.4 is 5.32 Å². The van der Waals surface area contributed by atoms with E-state index in [2.05, 4.69) is 20.3 Å². The van der Waals surface area contributed by atoms with Gasteiger partial charge in [-0.3, -0.25) is 4.79 Å². The summed E-state index contributed by atoms with van der Waals surface area (Å²) >= 11 is 7.50. The summed E-state index contributed by atoms with van der Waals surface area (Å²) in [6.45, 7) is 3.90. The van der Waals surface area contributed by atoms with Gasteiger partial charge in [0.15, 0.2) is 10.8 Å². The maximum absolute atomic E-state index is 12.5. The molecule has 5 nitrogen and oxygen atoms in total. The average Bonchev–Trinajstić information content (AvgIpc) is 2.98. The van der Waals surface area contributed by atoms with Gasteiger partial charge >= 0.3 is 0 Å². The minimum Gasteiger partial charge on any atom is -0.332 e. The van der Waals surface area contributed by atoms with Crippen molar-refractivity contribution in [1.29, 1.82) is 0 Å². The van der Waals surface area contributed by atoms with Crippen molar-refractivity contribution < 1.29 is 4.79 Å². The number of pyridine rings is 1. The van der Waals surface area contributed by atoms with Gasteiger partial charge in [-0.2, -0.15) is 0 Å². The summed E-state index contributed by atoms with van der Waals surface area (Å²) in [5.41, 5.74) is 3.19. The second kappa shape index (κ2) is 7.23. The number of nitrogens with zero attached hydrogens (tertiary/aromatic N) is 2. The van der Waals surface area contributed by atoms with Crippen LogP contribution in [0.4, 0.5) is 5.69 Å². The summed E-state index contributed by atoms with van der Waals surface area (Å²) in [5, 5.41) is 3.98. The number of aromatic nitrogens is 3. The summed E-state index contributed by atoms with van der Waals surface area (Å²) in [7, 11) is 0. The number of halogens is 1. The second-order valence-electron chi connectivity index (χ2n) is 5.38. The molecule has 0 aliphatic rings. The highest BCUT2D eigenvalue weighted by Crippen LogP contribution is 2.26. The Balaban J connectivity index is 1.72. The molecule has 0 saturated heterocycles. The lowest BCUT2D eigenvalue weighted by Crippen LogP contribution is -2.24. The number of hydrogen-bond donors (Lipinski definition) is 2. The Hall–Kier alpha value is -2.05. The van der Waals surface area contributed by atoms with Crippen molar-refractivity contribution in [3.63, 3.8) is 0 Å². The summed E-state index contributed by atoms with van der Waals surface area (Å²) in [6, 6.07) is 9.25. The molecule has 3 rings (SSSR count). The van der Waals surface area contributed by atoms with Crippen molar-refractivity contribution in [2.24, 2.45) is 0 Å². The zero-order valence-electron chi connectivity index (χ0n) is 13.3. The molecule has 24 heavy (non-hydrogen) atoms. The van der Waals surface area contributed by atoms with Gasteiger partial charge in [-0.05, 0) is 43.2 Å². The number of fused-ring (bicyclic) bond motifs is 1. The van der Waals surface area contributed by atoms with E-state index in [-0.39, 0.29) is 11.2 Å². The van der Waals surface area contributed by atoms with E-state index in [1.165, 1.54) is 11.8 Å². The molecular formula is C17H17ClN4OS. The van der Waals surface area contributed by atoms with Crippen LogP contribution in [0, 0.1) is 6.92 Å². The fourth-order valence-electron chi connectivity index (χ4n) is 2.23. The van der Waals surface area contributed by atoms with Crippen LogP contribution in [0.5, 0.6) is 0 Å². The van der Waals surface area contributed by atoms with Crippen LogP contribution in [0.25, 0.3) is 11.2 Å². The normalized spacial score (nSPS) is 12.3. The van der Waals surface area contributed by atoms with Gasteiger partial charge in [0.25, 0.3) is 0 Å². The Kier molecular flexibility index (Phi) is 5.06. The molecule has 7 heteroatoms. The van der Waals surface area contributed by atoms with Gasteiger partial charge in [-0.1, -0.05) is 36.4 Å². The average molecular weight is 361 g/mol. The fraction of sp³-hybridized carbons (Fsp3) is 0.235. The Morgan fingerprint density at radius 1 is 1.42 bits per heavy atom. The number of carbonyl (C=O) groups excluding carboxylic acids is 1. The molecule has 2 heterocycles. The number of thioether (sulfide) groups is 1. The fourth-order valence-corrected chi connectivity index (χ4v) is 3.32. The Morgan fingerprint density at radius 3 is 2.96 bits per heavy atom. The van der Waals surface area contributed by atoms with E-state index in [0.29, 0.717) is 27.9 Å². The van der Waals surface area contributed by atoms with Gasteiger partial charge in [-0.25, -0.2) is 9.97 Å². The third-order valence-corrected chi connectivity index (χ3v) is 5.25. The van der Waals surface area contributed by atoms with Crippen molar-refractivity contribution in [3.05, 3.63) is 47.1 Å². The van der Waals surface area contributed by atoms with Crippen LogP contribution in [0.3, 0.4) is 0 Å². The number of nitrogens with one attached hydrogen (secondary N) is 2. The van der Waals surface area contributed by atoms with E-state index >= 15 is 0 Å². The number of aromatic amines is 1. The summed E-state index contributed by atoms with van der Waals surface area (Å²) < 4.78 is 0. The molecule has 0 saturated carbocycles. The van der Waals surface area contributed by atoms with Crippen molar-refractivity contribution in [1.82, 2.24) is 15.0 Å². The van der Waals surface area contributed by atoms with Crippen LogP contribution >= 0.6 is 23.4 Å². The smallest absolute Gasteiger partial charge is 0.237 e. The van der Waals surface area contributed by atoms with Crippen LogP contribution in [-0.4, -0.2) is 26.1 Å². The zero-order chi connectivity index (χ0) is 17.1. The number of amides is 1. The first-order valence-electron chi connectivity index (χ1n) is 7.61. The first-order chi connectivity index (χ1) is 11.6. The Morgan fingerprint density at radius 2 is 2.25 bits per heavy atom. The molecule has 3 aromatic rings. The number of benzene rings is 1. The quantitative estimate of drug-likeness (QED) is 0.660. The zero-order valence-corrected chi connectivity index (χ0v) is 14.9. The molecule has 1 unspecified atom stereocenters. The number of imidazole rings is 1. The maximum Gasteiger partial charge on any atom is 0.237 e. The number of carbonyl (C=O) groups is 1. The van der Waals surface area contributed by atoms with E-state index < -0.39 is 0 Å². The SMILES string of the molecule is CCC(Sc1nc2ncccc2[nH]1)C(=O)Nc1ccc(C)c(Cl)c1. The van der Waals surface area contributed by atoms with Gasteiger partial charge in [-0.15, -0.1) is 0 Å². The highest BCUT2D eigenvalue weighted by atomic mass is 35.5. The molecule has 2 aromatic heterocycles. The minimum atomic E-state index is -0.259. The first-order valence-corrected chi connectivity index (χ1v) is 8.87. The van der Waals surface area contributed by atoms with Crippen molar-refractivity contribution >= 4 is 46.1 Å². The molecule has 0 aliphatic heterocycles. The molecule has 1 atom stereocenters. The topological polar surface area (TPSA) is 70.7 Å². The standard InChI is InChI=1S/C17H17ClN4OS/c1-3-14(16(23)20-11-7-6-10(2)12(18)9-11)24-17-21-13-5-4-8-19-15(13)22-17/h4-9,14H,3H2,1-2H3,(H,20,23)(H,19,21,22). The van der Waals surface area contributed by atoms with Gasteiger partial charge in [0.05, 0.1) is 10.8 Å². The lowest BCUT2D eigenvalue weighted by molar-refractivity contribution is -0.115. The number of aryl methyl sites for hydroxylation is 1. The van der Waals surface area contributed by atoms with E-state index in [1.807, 2.05) is 38.1 Å². The Bertz CT molecular complexity index is 847. The first kappa shape index (κ1) is 16.8. The molecule has 1 aromatic carbocycles. The third-order valence-electron chi connectivity index (χ3n) is 3.59. The number of rotatable bonds is 5. The number of hydrogen-bond acceptors (Lipinski definition) is 4. The molecule has 0 aliphatic carbocycles. The van der Waals surface area contributed by atoms with Gasteiger partial charge in [0.2, 0.25) is 5.91 Å². The molecule has 2 N–H and O–H groups in total. The summed E-state index contributed by atoms with van der Waals surface area (Å²) in [4.78, 5) is 24.3. The van der Waals surface area contributed by atoms with Crippen molar-refractivity contribution in [2.45, 2.75) is 30.7 Å². The molecule has 124 valence electrons. The molecular weight excluding hydrogens is 344 g/mol. The number of anilines is 1. The number of H-pyrrole nitrogens is 1. The predicted octanol–water partition coefficient (Wildman–Crippen LogP) is 4.43. The van der Waals surface area contributed by atoms with Crippen LogP contribution in [0.15, 0.2) is 41.7 Å². The van der Waals surface area contributed by atoms with Crippen LogP contribution in [-0.2, 0) is 4.79 Å². The molecule has 0 fully saturated rings. The monoisotopic (exact) mass is 360 g/mol. The molecule has 0 radical (unpaired) electrons. The van der Waals surface area contributed by atoms with Crippen LogP contribution in [0.2, 0.25) is 5.02 Å². The summed E-state index contributed by atoms with van der Waals surface area (Å²) in [5.74, 6) is -0.0733.